The number of amides is 1. The van der Waals surface area contributed by atoms with Crippen molar-refractivity contribution in [2.45, 2.75) is 25.4 Å². The molecule has 2 aromatic carbocycles. The largest absolute Gasteiger partial charge is 0.497 e. The Kier molecular flexibility index (Phi) is 6.73. The molecule has 31 heavy (non-hydrogen) atoms. The molecule has 7 heteroatoms. The molecule has 6 nitrogen and oxygen atoms in total. The number of piperidine rings is 1. The summed E-state index contributed by atoms with van der Waals surface area (Å²) in [6, 6.07) is 17.5. The van der Waals surface area contributed by atoms with E-state index in [2.05, 4.69) is 29.3 Å². The number of carbonyl (C=O) groups excluding carboxylic acids is 1. The van der Waals surface area contributed by atoms with Gasteiger partial charge in [-0.15, -0.1) is 0 Å². The van der Waals surface area contributed by atoms with E-state index in [4.69, 9.17) is 14.7 Å². The lowest BCUT2D eigenvalue weighted by atomic mass is 9.98. The van der Waals surface area contributed by atoms with E-state index in [1.807, 2.05) is 42.5 Å². The second kappa shape index (κ2) is 9.66. The molecule has 1 N–H and O–H groups in total. The second-order valence-electron chi connectivity index (χ2n) is 7.73. The van der Waals surface area contributed by atoms with Gasteiger partial charge in [-0.05, 0) is 30.8 Å². The smallest absolute Gasteiger partial charge is 0.234 e. The van der Waals surface area contributed by atoms with E-state index < -0.39 is 0 Å². The molecule has 0 aliphatic carbocycles. The summed E-state index contributed by atoms with van der Waals surface area (Å²) in [5.41, 5.74) is 2.33. The van der Waals surface area contributed by atoms with Crippen molar-refractivity contribution in [1.29, 1.82) is 0 Å². The van der Waals surface area contributed by atoms with Gasteiger partial charge >= 0.3 is 0 Å². The van der Waals surface area contributed by atoms with Gasteiger partial charge in [0.05, 0.1) is 18.6 Å². The van der Waals surface area contributed by atoms with Gasteiger partial charge < -0.3 is 15.0 Å². The van der Waals surface area contributed by atoms with Gasteiger partial charge in [0.15, 0.2) is 5.66 Å². The standard InChI is InChI=1S/C24H28N4O2S/c1-3-28-15-13-24(14-16-28)26-22(18-7-5-4-6-8-18)23(27-24)31-17-21(29)25-19-9-11-20(30-2)12-10-19/h4-12H,3,13-17H2,1-2H3,(H,25,29). The second-order valence-corrected chi connectivity index (χ2v) is 8.69. The predicted octanol–water partition coefficient (Wildman–Crippen LogP) is 4.08. The van der Waals surface area contributed by atoms with Gasteiger partial charge in [-0.25, -0.2) is 4.99 Å². The number of hydrogen-bond acceptors (Lipinski definition) is 6. The van der Waals surface area contributed by atoms with Gasteiger partial charge in [-0.2, -0.15) is 0 Å². The molecule has 2 aromatic rings. The number of likely N-dealkylation sites (tertiary alicyclic amines) is 1. The molecule has 0 aromatic heterocycles. The molecule has 2 heterocycles. The highest BCUT2D eigenvalue weighted by atomic mass is 32.2. The molecule has 1 amide bonds. The zero-order valence-electron chi connectivity index (χ0n) is 18.0. The number of nitrogens with one attached hydrogen (secondary N) is 1. The van der Waals surface area contributed by atoms with Crippen LogP contribution in [0.2, 0.25) is 0 Å². The average Bonchev–Trinajstić information content (AvgIpc) is 3.17. The van der Waals surface area contributed by atoms with Crippen molar-refractivity contribution in [3.8, 4) is 5.75 Å². The first kappa shape index (κ1) is 21.6. The van der Waals surface area contributed by atoms with Crippen LogP contribution in [0.1, 0.15) is 25.3 Å². The van der Waals surface area contributed by atoms with Crippen molar-refractivity contribution in [1.82, 2.24) is 4.90 Å². The van der Waals surface area contributed by atoms with Crippen LogP contribution >= 0.6 is 11.8 Å². The Balaban J connectivity index is 1.46. The number of aliphatic imine (C=N–C) groups is 2. The molecule has 0 bridgehead atoms. The van der Waals surface area contributed by atoms with Crippen LogP contribution in [0, 0.1) is 0 Å². The fourth-order valence-electron chi connectivity index (χ4n) is 3.86. The Morgan fingerprint density at radius 1 is 1.10 bits per heavy atom. The van der Waals surface area contributed by atoms with Crippen molar-refractivity contribution < 1.29 is 9.53 Å². The summed E-state index contributed by atoms with van der Waals surface area (Å²) >= 11 is 1.47. The highest BCUT2D eigenvalue weighted by Gasteiger charge is 2.39. The molecule has 0 atom stereocenters. The van der Waals surface area contributed by atoms with E-state index in [0.29, 0.717) is 0 Å². The summed E-state index contributed by atoms with van der Waals surface area (Å²) in [6.45, 7) is 5.25. The zero-order valence-corrected chi connectivity index (χ0v) is 18.8. The number of ether oxygens (including phenoxy) is 1. The predicted molar refractivity (Wildman–Crippen MR) is 129 cm³/mol. The topological polar surface area (TPSA) is 66.3 Å². The average molecular weight is 437 g/mol. The quantitative estimate of drug-likeness (QED) is 0.741. The number of nitrogens with zero attached hydrogens (tertiary/aromatic N) is 3. The Hall–Kier alpha value is -2.64. The van der Waals surface area contributed by atoms with E-state index in [0.717, 1.165) is 60.2 Å². The Morgan fingerprint density at radius 2 is 1.81 bits per heavy atom. The Morgan fingerprint density at radius 3 is 2.45 bits per heavy atom. The summed E-state index contributed by atoms with van der Waals surface area (Å²) in [5.74, 6) is 0.983. The fraction of sp³-hybridized carbons (Fsp3) is 0.375. The van der Waals surface area contributed by atoms with Crippen LogP contribution < -0.4 is 10.1 Å². The van der Waals surface area contributed by atoms with Crippen LogP contribution in [0.4, 0.5) is 5.69 Å². The first-order chi connectivity index (χ1) is 15.1. The minimum Gasteiger partial charge on any atom is -0.497 e. The number of anilines is 1. The normalized spacial score (nSPS) is 17.9. The van der Waals surface area contributed by atoms with Crippen molar-refractivity contribution in [2.75, 3.05) is 37.8 Å². The molecule has 1 fully saturated rings. The van der Waals surface area contributed by atoms with E-state index in [1.54, 1.807) is 7.11 Å². The number of carbonyl (C=O) groups is 1. The minimum absolute atomic E-state index is 0.0629. The molecule has 162 valence electrons. The van der Waals surface area contributed by atoms with Crippen LogP contribution in [0.5, 0.6) is 5.75 Å². The summed E-state index contributed by atoms with van der Waals surface area (Å²) in [5, 5.41) is 3.80. The lowest BCUT2D eigenvalue weighted by Crippen LogP contribution is -2.41. The number of hydrogen-bond donors (Lipinski definition) is 1. The van der Waals surface area contributed by atoms with E-state index in [-0.39, 0.29) is 17.3 Å². The molecule has 1 spiro atoms. The maximum absolute atomic E-state index is 12.6. The van der Waals surface area contributed by atoms with Gasteiger partial charge in [-0.3, -0.25) is 9.79 Å². The summed E-state index contributed by atoms with van der Waals surface area (Å²) in [7, 11) is 1.62. The molecule has 2 aliphatic heterocycles. The third kappa shape index (κ3) is 5.17. The minimum atomic E-state index is -0.383. The Bertz CT molecular complexity index is 965. The van der Waals surface area contributed by atoms with Gasteiger partial charge in [0.1, 0.15) is 10.8 Å². The monoisotopic (exact) mass is 436 g/mol. The lowest BCUT2D eigenvalue weighted by Gasteiger charge is -2.34. The SMILES string of the molecule is CCN1CCC2(CC1)N=C(SCC(=O)Nc1ccc(OC)cc1)C(c1ccccc1)=N2. The first-order valence-electron chi connectivity index (χ1n) is 10.7. The van der Waals surface area contributed by atoms with Crippen LogP contribution in [0.15, 0.2) is 64.6 Å². The van der Waals surface area contributed by atoms with Crippen molar-refractivity contribution in [3.05, 3.63) is 60.2 Å². The lowest BCUT2D eigenvalue weighted by molar-refractivity contribution is -0.113. The molecule has 1 saturated heterocycles. The molecule has 0 saturated carbocycles. The number of methoxy groups -OCH3 is 1. The molecule has 0 unspecified atom stereocenters. The zero-order chi connectivity index (χ0) is 21.7. The Labute approximate surface area is 187 Å². The number of benzene rings is 2. The number of thioether (sulfide) groups is 1. The third-order valence-corrected chi connectivity index (χ3v) is 6.66. The highest BCUT2D eigenvalue weighted by Crippen LogP contribution is 2.35. The number of rotatable bonds is 6. The highest BCUT2D eigenvalue weighted by molar-refractivity contribution is 8.16. The maximum Gasteiger partial charge on any atom is 0.234 e. The van der Waals surface area contributed by atoms with Crippen molar-refractivity contribution in [3.63, 3.8) is 0 Å². The van der Waals surface area contributed by atoms with Crippen LogP contribution in [0.3, 0.4) is 0 Å². The van der Waals surface area contributed by atoms with Crippen molar-refractivity contribution in [2.24, 2.45) is 9.98 Å². The van der Waals surface area contributed by atoms with Gasteiger partial charge in [0.25, 0.3) is 0 Å². The van der Waals surface area contributed by atoms with E-state index in [1.165, 1.54) is 11.8 Å². The molecular weight excluding hydrogens is 408 g/mol. The molecule has 0 radical (unpaired) electrons. The summed E-state index contributed by atoms with van der Waals surface area (Å²) in [4.78, 5) is 25.1. The van der Waals surface area contributed by atoms with Crippen LogP contribution in [-0.4, -0.2) is 59.7 Å². The molecule has 4 rings (SSSR count). The summed E-state index contributed by atoms with van der Waals surface area (Å²) < 4.78 is 5.16. The van der Waals surface area contributed by atoms with Crippen LogP contribution in [-0.2, 0) is 4.79 Å². The fourth-order valence-corrected chi connectivity index (χ4v) is 4.74. The van der Waals surface area contributed by atoms with Crippen LogP contribution in [0.25, 0.3) is 0 Å². The molecular formula is C24H28N4O2S. The van der Waals surface area contributed by atoms with Gasteiger partial charge in [0.2, 0.25) is 5.91 Å². The van der Waals surface area contributed by atoms with Crippen molar-refractivity contribution >= 4 is 34.1 Å². The maximum atomic E-state index is 12.6. The first-order valence-corrected chi connectivity index (χ1v) is 11.6. The molecule has 2 aliphatic rings. The van der Waals surface area contributed by atoms with Gasteiger partial charge in [0, 0.05) is 37.2 Å². The van der Waals surface area contributed by atoms with E-state index in [9.17, 15) is 4.79 Å². The van der Waals surface area contributed by atoms with E-state index >= 15 is 0 Å². The van der Waals surface area contributed by atoms with Gasteiger partial charge in [-0.1, -0.05) is 49.0 Å². The third-order valence-electron chi connectivity index (χ3n) is 5.70. The summed E-state index contributed by atoms with van der Waals surface area (Å²) in [6.07, 6.45) is 1.83.